The summed E-state index contributed by atoms with van der Waals surface area (Å²) < 4.78 is 27.8. The lowest BCUT2D eigenvalue weighted by molar-refractivity contribution is 0.601. The van der Waals surface area contributed by atoms with Gasteiger partial charge in [-0.3, -0.25) is 9.40 Å². The fourth-order valence-corrected chi connectivity index (χ4v) is 2.76. The van der Waals surface area contributed by atoms with Crippen molar-refractivity contribution in [1.29, 1.82) is 5.26 Å². The van der Waals surface area contributed by atoms with Crippen LogP contribution in [-0.4, -0.2) is 18.2 Å². The van der Waals surface area contributed by atoms with Crippen LogP contribution < -0.4 is 4.72 Å². The smallest absolute Gasteiger partial charge is 0.265 e. The molecule has 2 rings (SSSR count). The number of aryl methyl sites for hydroxylation is 1. The first-order valence-electron chi connectivity index (χ1n) is 5.13. The normalized spacial score (nSPS) is 11.0. The second-order valence-corrected chi connectivity index (χ2v) is 5.85. The van der Waals surface area contributed by atoms with Gasteiger partial charge in [-0.2, -0.15) is 10.4 Å². The van der Waals surface area contributed by atoms with Crippen LogP contribution in [0.3, 0.4) is 0 Å². The molecular weight excluding hydrogens is 288 g/mol. The summed E-state index contributed by atoms with van der Waals surface area (Å²) in [4.78, 5) is 0.0374. The molecule has 2 aromatic rings. The fourth-order valence-electron chi connectivity index (χ4n) is 1.41. The summed E-state index contributed by atoms with van der Waals surface area (Å²) in [5.74, 6) is 0. The van der Waals surface area contributed by atoms with Gasteiger partial charge in [-0.15, -0.1) is 0 Å². The first kappa shape index (κ1) is 13.4. The molecule has 19 heavy (non-hydrogen) atoms. The van der Waals surface area contributed by atoms with Gasteiger partial charge >= 0.3 is 0 Å². The Morgan fingerprint density at radius 1 is 1.47 bits per heavy atom. The number of sulfonamides is 1. The summed E-state index contributed by atoms with van der Waals surface area (Å²) >= 11 is 5.91. The Bertz CT molecular complexity index is 761. The summed E-state index contributed by atoms with van der Waals surface area (Å²) in [7, 11) is -2.12. The van der Waals surface area contributed by atoms with Gasteiger partial charge in [0.15, 0.2) is 0 Å². The van der Waals surface area contributed by atoms with Gasteiger partial charge in [0.25, 0.3) is 10.0 Å². The van der Waals surface area contributed by atoms with Crippen LogP contribution in [0.4, 0.5) is 5.69 Å². The van der Waals surface area contributed by atoms with Crippen LogP contribution in [-0.2, 0) is 17.1 Å². The molecule has 0 radical (unpaired) electrons. The van der Waals surface area contributed by atoms with Crippen LogP contribution in [0, 0.1) is 11.3 Å². The van der Waals surface area contributed by atoms with Gasteiger partial charge in [-0.1, -0.05) is 11.6 Å². The van der Waals surface area contributed by atoms with Crippen molar-refractivity contribution in [3.63, 3.8) is 0 Å². The molecule has 1 aromatic heterocycles. The summed E-state index contributed by atoms with van der Waals surface area (Å²) in [6.07, 6.45) is 2.61. The summed E-state index contributed by atoms with van der Waals surface area (Å²) in [5, 5.41) is 12.7. The molecule has 1 N–H and O–H groups in total. The van der Waals surface area contributed by atoms with Crippen molar-refractivity contribution in [3.05, 3.63) is 41.2 Å². The maximum Gasteiger partial charge on any atom is 0.265 e. The van der Waals surface area contributed by atoms with Gasteiger partial charge in [-0.05, 0) is 18.2 Å². The second kappa shape index (κ2) is 4.91. The maximum absolute atomic E-state index is 12.0. The zero-order valence-electron chi connectivity index (χ0n) is 9.83. The topological polar surface area (TPSA) is 87.8 Å². The zero-order chi connectivity index (χ0) is 14.0. The molecule has 0 unspecified atom stereocenters. The minimum absolute atomic E-state index is 0.0374. The van der Waals surface area contributed by atoms with Crippen LogP contribution in [0.2, 0.25) is 5.02 Å². The Morgan fingerprint density at radius 2 is 2.21 bits per heavy atom. The molecule has 0 amide bonds. The van der Waals surface area contributed by atoms with E-state index in [0.717, 1.165) is 0 Å². The first-order chi connectivity index (χ1) is 8.92. The summed E-state index contributed by atoms with van der Waals surface area (Å²) in [6.45, 7) is 0. The number of benzene rings is 1. The molecule has 0 aliphatic rings. The van der Waals surface area contributed by atoms with Crippen molar-refractivity contribution in [3.8, 4) is 6.07 Å². The Morgan fingerprint density at radius 3 is 2.74 bits per heavy atom. The second-order valence-electron chi connectivity index (χ2n) is 3.76. The van der Waals surface area contributed by atoms with Crippen LogP contribution in [0.1, 0.15) is 5.56 Å². The highest BCUT2D eigenvalue weighted by Gasteiger charge is 2.17. The Balaban J connectivity index is 2.34. The standard InChI is InChI=1S/C11H9ClN4O2S/c1-16-7-9(6-14-16)19(17,18)15-11-3-2-8(5-13)4-10(11)12/h2-4,6-7,15H,1H3. The summed E-state index contributed by atoms with van der Waals surface area (Å²) in [5.41, 5.74) is 0.568. The van der Waals surface area contributed by atoms with Crippen LogP contribution in [0.15, 0.2) is 35.5 Å². The van der Waals surface area contributed by atoms with Crippen molar-refractivity contribution in [2.45, 2.75) is 4.90 Å². The highest BCUT2D eigenvalue weighted by molar-refractivity contribution is 7.92. The van der Waals surface area contributed by atoms with Crippen molar-refractivity contribution in [2.24, 2.45) is 7.05 Å². The molecule has 98 valence electrons. The van der Waals surface area contributed by atoms with Gasteiger partial charge in [0, 0.05) is 13.2 Å². The molecule has 0 atom stereocenters. The third kappa shape index (κ3) is 2.86. The van der Waals surface area contributed by atoms with E-state index in [9.17, 15) is 8.42 Å². The number of rotatable bonds is 3. The Labute approximate surface area is 115 Å². The number of hydrogen-bond donors (Lipinski definition) is 1. The van der Waals surface area contributed by atoms with Gasteiger partial charge in [0.1, 0.15) is 4.90 Å². The lowest BCUT2D eigenvalue weighted by atomic mass is 10.2. The van der Waals surface area contributed by atoms with E-state index in [4.69, 9.17) is 16.9 Å². The van der Waals surface area contributed by atoms with Crippen LogP contribution in [0.25, 0.3) is 0 Å². The Kier molecular flexibility index (Phi) is 3.46. The average molecular weight is 297 g/mol. The predicted molar refractivity (Wildman–Crippen MR) is 70.2 cm³/mol. The van der Waals surface area contributed by atoms with Crippen molar-refractivity contribution in [1.82, 2.24) is 9.78 Å². The molecule has 0 saturated carbocycles. The largest absolute Gasteiger partial charge is 0.278 e. The molecule has 0 saturated heterocycles. The minimum Gasteiger partial charge on any atom is -0.278 e. The van der Waals surface area contributed by atoms with E-state index in [-0.39, 0.29) is 15.6 Å². The van der Waals surface area contributed by atoms with Gasteiger partial charge in [-0.25, -0.2) is 8.42 Å². The SMILES string of the molecule is Cn1cc(S(=O)(=O)Nc2ccc(C#N)cc2Cl)cn1. The molecule has 0 spiro atoms. The van der Waals surface area contributed by atoms with Crippen molar-refractivity contribution < 1.29 is 8.42 Å². The van der Waals surface area contributed by atoms with E-state index in [1.807, 2.05) is 6.07 Å². The van der Waals surface area contributed by atoms with E-state index in [0.29, 0.717) is 5.56 Å². The minimum atomic E-state index is -3.74. The van der Waals surface area contributed by atoms with Crippen LogP contribution >= 0.6 is 11.6 Å². The molecular formula is C11H9ClN4O2S. The van der Waals surface area contributed by atoms with E-state index >= 15 is 0 Å². The zero-order valence-corrected chi connectivity index (χ0v) is 11.4. The quantitative estimate of drug-likeness (QED) is 0.934. The molecule has 6 nitrogen and oxygen atoms in total. The number of nitrogens with one attached hydrogen (secondary N) is 1. The molecule has 1 heterocycles. The predicted octanol–water partition coefficient (Wildman–Crippen LogP) is 1.75. The third-order valence-electron chi connectivity index (χ3n) is 2.33. The third-order valence-corrected chi connectivity index (χ3v) is 3.97. The highest BCUT2D eigenvalue weighted by atomic mass is 35.5. The van der Waals surface area contributed by atoms with E-state index in [2.05, 4.69) is 9.82 Å². The van der Waals surface area contributed by atoms with Gasteiger partial charge in [0.2, 0.25) is 0 Å². The van der Waals surface area contributed by atoms with Crippen molar-refractivity contribution >= 4 is 27.3 Å². The molecule has 0 aliphatic carbocycles. The number of aromatic nitrogens is 2. The maximum atomic E-state index is 12.0. The average Bonchev–Trinajstić information content (AvgIpc) is 2.79. The lowest BCUT2D eigenvalue weighted by Gasteiger charge is -2.07. The molecule has 0 aliphatic heterocycles. The number of nitrogens with zero attached hydrogens (tertiary/aromatic N) is 3. The van der Waals surface area contributed by atoms with E-state index < -0.39 is 10.0 Å². The van der Waals surface area contributed by atoms with E-state index in [1.165, 1.54) is 35.3 Å². The highest BCUT2D eigenvalue weighted by Crippen LogP contribution is 2.25. The fraction of sp³-hybridized carbons (Fsp3) is 0.0909. The molecule has 1 aromatic carbocycles. The number of nitriles is 1. The Hall–Kier alpha value is -2.04. The summed E-state index contributed by atoms with van der Waals surface area (Å²) in [6, 6.07) is 6.23. The number of anilines is 1. The number of hydrogen-bond acceptors (Lipinski definition) is 4. The number of halogens is 1. The molecule has 8 heteroatoms. The lowest BCUT2D eigenvalue weighted by Crippen LogP contribution is -2.12. The first-order valence-corrected chi connectivity index (χ1v) is 6.99. The van der Waals surface area contributed by atoms with Gasteiger partial charge < -0.3 is 0 Å². The monoisotopic (exact) mass is 296 g/mol. The molecule has 0 bridgehead atoms. The van der Waals surface area contributed by atoms with E-state index in [1.54, 1.807) is 7.05 Å². The van der Waals surface area contributed by atoms with Gasteiger partial charge in [0.05, 0.1) is 28.5 Å². The molecule has 0 fully saturated rings. The van der Waals surface area contributed by atoms with Crippen LogP contribution in [0.5, 0.6) is 0 Å². The van der Waals surface area contributed by atoms with Crippen molar-refractivity contribution in [2.75, 3.05) is 4.72 Å².